The number of nitrogens with zero attached hydrogens (tertiary/aromatic N) is 1. The molecule has 0 aliphatic carbocycles. The normalized spacial score (nSPS) is 16.5. The Balaban J connectivity index is 2.39. The van der Waals surface area contributed by atoms with Gasteiger partial charge in [-0.2, -0.15) is 0 Å². The molecule has 1 aromatic rings. The third kappa shape index (κ3) is 1.89. The lowest BCUT2D eigenvalue weighted by Crippen LogP contribution is -2.36. The van der Waals surface area contributed by atoms with Gasteiger partial charge in [0.25, 0.3) is 5.91 Å². The maximum absolute atomic E-state index is 12.2. The number of carbonyl (C=O) groups is 1. The summed E-state index contributed by atoms with van der Waals surface area (Å²) in [4.78, 5) is 14.2. The van der Waals surface area contributed by atoms with Crippen LogP contribution in [-0.4, -0.2) is 23.4 Å². The molecule has 15 heavy (non-hydrogen) atoms. The SMILES string of the molecule is CC(C)N1CCCc2ccccc2C1=O. The molecule has 0 radical (unpaired) electrons. The number of benzene rings is 1. The van der Waals surface area contributed by atoms with Gasteiger partial charge in [0, 0.05) is 18.2 Å². The average Bonchev–Trinajstić information content (AvgIpc) is 2.39. The van der Waals surface area contributed by atoms with Gasteiger partial charge in [-0.1, -0.05) is 18.2 Å². The molecule has 0 N–H and O–H groups in total. The van der Waals surface area contributed by atoms with Crippen LogP contribution in [0.2, 0.25) is 0 Å². The first kappa shape index (κ1) is 10.2. The molecule has 2 heteroatoms. The second kappa shape index (κ2) is 4.05. The molecule has 0 aromatic heterocycles. The third-order valence-electron chi connectivity index (χ3n) is 2.98. The van der Waals surface area contributed by atoms with Crippen molar-refractivity contribution in [1.29, 1.82) is 0 Å². The fraction of sp³-hybridized carbons (Fsp3) is 0.462. The van der Waals surface area contributed by atoms with Crippen molar-refractivity contribution in [1.82, 2.24) is 4.90 Å². The predicted octanol–water partition coefficient (Wildman–Crippen LogP) is 2.48. The second-order valence-corrected chi connectivity index (χ2v) is 4.35. The summed E-state index contributed by atoms with van der Waals surface area (Å²) in [6, 6.07) is 8.26. The maximum Gasteiger partial charge on any atom is 0.254 e. The van der Waals surface area contributed by atoms with Gasteiger partial charge in [-0.05, 0) is 38.3 Å². The Morgan fingerprint density at radius 1 is 1.27 bits per heavy atom. The largest absolute Gasteiger partial charge is 0.336 e. The number of amides is 1. The van der Waals surface area contributed by atoms with Gasteiger partial charge in [0.1, 0.15) is 0 Å². The smallest absolute Gasteiger partial charge is 0.254 e. The van der Waals surface area contributed by atoms with E-state index in [4.69, 9.17) is 0 Å². The van der Waals surface area contributed by atoms with E-state index in [2.05, 4.69) is 19.9 Å². The van der Waals surface area contributed by atoms with Crippen LogP contribution < -0.4 is 0 Å². The van der Waals surface area contributed by atoms with Crippen LogP contribution in [-0.2, 0) is 6.42 Å². The van der Waals surface area contributed by atoms with Gasteiger partial charge in [-0.25, -0.2) is 0 Å². The van der Waals surface area contributed by atoms with E-state index in [0.29, 0.717) is 6.04 Å². The molecule has 1 aliphatic rings. The van der Waals surface area contributed by atoms with E-state index in [9.17, 15) is 4.79 Å². The van der Waals surface area contributed by atoms with Gasteiger partial charge in [0.05, 0.1) is 0 Å². The first-order valence-corrected chi connectivity index (χ1v) is 5.59. The summed E-state index contributed by atoms with van der Waals surface area (Å²) < 4.78 is 0. The Bertz CT molecular complexity index is 371. The Morgan fingerprint density at radius 2 is 2.00 bits per heavy atom. The van der Waals surface area contributed by atoms with Gasteiger partial charge >= 0.3 is 0 Å². The van der Waals surface area contributed by atoms with Gasteiger partial charge in [0.15, 0.2) is 0 Å². The topological polar surface area (TPSA) is 20.3 Å². The van der Waals surface area contributed by atoms with Crippen LogP contribution in [0.3, 0.4) is 0 Å². The van der Waals surface area contributed by atoms with Crippen LogP contribution in [0, 0.1) is 0 Å². The lowest BCUT2D eigenvalue weighted by molar-refractivity contribution is 0.0712. The Labute approximate surface area is 90.9 Å². The monoisotopic (exact) mass is 203 g/mol. The van der Waals surface area contributed by atoms with Crippen molar-refractivity contribution >= 4 is 5.91 Å². The average molecular weight is 203 g/mol. The minimum absolute atomic E-state index is 0.193. The van der Waals surface area contributed by atoms with Crippen molar-refractivity contribution in [2.24, 2.45) is 0 Å². The highest BCUT2D eigenvalue weighted by atomic mass is 16.2. The fourth-order valence-electron chi connectivity index (χ4n) is 2.14. The van der Waals surface area contributed by atoms with E-state index in [0.717, 1.165) is 24.9 Å². The molecule has 1 heterocycles. The summed E-state index contributed by atoms with van der Waals surface area (Å²) in [5.74, 6) is 0.193. The van der Waals surface area contributed by atoms with E-state index in [1.54, 1.807) is 0 Å². The Hall–Kier alpha value is -1.31. The van der Waals surface area contributed by atoms with Crippen molar-refractivity contribution in [2.75, 3.05) is 6.54 Å². The summed E-state index contributed by atoms with van der Waals surface area (Å²) >= 11 is 0. The highest BCUT2D eigenvalue weighted by molar-refractivity contribution is 5.96. The van der Waals surface area contributed by atoms with Crippen LogP contribution in [0.1, 0.15) is 36.2 Å². The number of hydrogen-bond acceptors (Lipinski definition) is 1. The van der Waals surface area contributed by atoms with E-state index in [1.165, 1.54) is 5.56 Å². The Morgan fingerprint density at radius 3 is 2.73 bits per heavy atom. The molecule has 0 atom stereocenters. The standard InChI is InChI=1S/C13H17NO/c1-10(2)14-9-5-7-11-6-3-4-8-12(11)13(14)15/h3-4,6,8,10H,5,7,9H2,1-2H3. The molecule has 80 valence electrons. The number of carbonyl (C=O) groups excluding carboxylic acids is 1. The van der Waals surface area contributed by atoms with Gasteiger partial charge in [-0.3, -0.25) is 4.79 Å². The first-order chi connectivity index (χ1) is 7.20. The molecule has 2 nitrogen and oxygen atoms in total. The molecule has 0 spiro atoms. The van der Waals surface area contributed by atoms with Crippen molar-refractivity contribution in [3.8, 4) is 0 Å². The van der Waals surface area contributed by atoms with E-state index < -0.39 is 0 Å². The summed E-state index contributed by atoms with van der Waals surface area (Å²) in [5, 5.41) is 0. The molecular formula is C13H17NO. The number of rotatable bonds is 1. The van der Waals surface area contributed by atoms with Crippen LogP contribution >= 0.6 is 0 Å². The summed E-state index contributed by atoms with van der Waals surface area (Å²) in [6.45, 7) is 5.03. The molecule has 0 bridgehead atoms. The highest BCUT2D eigenvalue weighted by Gasteiger charge is 2.23. The quantitative estimate of drug-likeness (QED) is 0.686. The number of aryl methyl sites for hydroxylation is 1. The predicted molar refractivity (Wildman–Crippen MR) is 60.9 cm³/mol. The van der Waals surface area contributed by atoms with Crippen LogP contribution in [0.4, 0.5) is 0 Å². The number of fused-ring (bicyclic) bond motifs is 1. The minimum atomic E-state index is 0.193. The zero-order chi connectivity index (χ0) is 10.8. The molecule has 0 fully saturated rings. The van der Waals surface area contributed by atoms with Gasteiger partial charge in [-0.15, -0.1) is 0 Å². The summed E-state index contributed by atoms with van der Waals surface area (Å²) in [6.07, 6.45) is 2.09. The van der Waals surface area contributed by atoms with E-state index >= 15 is 0 Å². The van der Waals surface area contributed by atoms with E-state index in [-0.39, 0.29) is 5.91 Å². The second-order valence-electron chi connectivity index (χ2n) is 4.35. The van der Waals surface area contributed by atoms with Crippen molar-refractivity contribution < 1.29 is 4.79 Å². The van der Waals surface area contributed by atoms with E-state index in [1.807, 2.05) is 23.1 Å². The Kier molecular flexibility index (Phi) is 2.76. The molecule has 1 aromatic carbocycles. The van der Waals surface area contributed by atoms with Crippen LogP contribution in [0.15, 0.2) is 24.3 Å². The fourth-order valence-corrected chi connectivity index (χ4v) is 2.14. The summed E-state index contributed by atoms with van der Waals surface area (Å²) in [7, 11) is 0. The lowest BCUT2D eigenvalue weighted by atomic mass is 10.0. The maximum atomic E-state index is 12.2. The van der Waals surface area contributed by atoms with Gasteiger partial charge in [0.2, 0.25) is 0 Å². The summed E-state index contributed by atoms with van der Waals surface area (Å²) in [5.41, 5.74) is 2.09. The first-order valence-electron chi connectivity index (χ1n) is 5.59. The number of hydrogen-bond donors (Lipinski definition) is 0. The third-order valence-corrected chi connectivity index (χ3v) is 2.98. The minimum Gasteiger partial charge on any atom is -0.336 e. The molecule has 1 amide bonds. The van der Waals surface area contributed by atoms with Crippen molar-refractivity contribution in [3.05, 3.63) is 35.4 Å². The molecule has 0 saturated carbocycles. The van der Waals surface area contributed by atoms with Crippen molar-refractivity contribution in [3.63, 3.8) is 0 Å². The molecular weight excluding hydrogens is 186 g/mol. The van der Waals surface area contributed by atoms with Crippen LogP contribution in [0.25, 0.3) is 0 Å². The highest BCUT2D eigenvalue weighted by Crippen LogP contribution is 2.19. The van der Waals surface area contributed by atoms with Crippen molar-refractivity contribution in [2.45, 2.75) is 32.7 Å². The zero-order valence-corrected chi connectivity index (χ0v) is 9.36. The zero-order valence-electron chi connectivity index (χ0n) is 9.36. The molecule has 2 rings (SSSR count). The molecule has 1 aliphatic heterocycles. The molecule has 0 unspecified atom stereocenters. The van der Waals surface area contributed by atoms with Crippen LogP contribution in [0.5, 0.6) is 0 Å². The van der Waals surface area contributed by atoms with Gasteiger partial charge < -0.3 is 4.90 Å². The lowest BCUT2D eigenvalue weighted by Gasteiger charge is -2.25. The molecule has 0 saturated heterocycles.